The van der Waals surface area contributed by atoms with Crippen LogP contribution in [0.15, 0.2) is 64.5 Å². The van der Waals surface area contributed by atoms with Gasteiger partial charge in [0.25, 0.3) is 5.56 Å². The summed E-state index contributed by atoms with van der Waals surface area (Å²) in [6, 6.07) is 15.6. The van der Waals surface area contributed by atoms with Crippen LogP contribution in [0.5, 0.6) is 0 Å². The molecule has 0 saturated heterocycles. The molecule has 0 aliphatic heterocycles. The molecular weight excluding hydrogens is 419 g/mol. The van der Waals surface area contributed by atoms with Crippen molar-refractivity contribution in [1.82, 2.24) is 9.55 Å². The molecule has 2 aromatic carbocycles. The van der Waals surface area contributed by atoms with E-state index in [-0.39, 0.29) is 11.4 Å². The number of rotatable bonds is 6. The number of fused-ring (bicyclic) bond motifs is 1. The quantitative estimate of drug-likeness (QED) is 0.321. The number of aromatic nitrogens is 2. The Bertz CT molecular complexity index is 1230. The average Bonchev–Trinajstić information content (AvgIpc) is 3.09. The monoisotopic (exact) mass is 440 g/mol. The molecule has 2 aromatic heterocycles. The van der Waals surface area contributed by atoms with Gasteiger partial charge >= 0.3 is 0 Å². The van der Waals surface area contributed by atoms with Crippen LogP contribution in [0.3, 0.4) is 0 Å². The number of benzene rings is 2. The van der Waals surface area contributed by atoms with E-state index in [2.05, 4.69) is 0 Å². The summed E-state index contributed by atoms with van der Waals surface area (Å²) in [7, 11) is 0. The van der Waals surface area contributed by atoms with Crippen LogP contribution in [-0.2, 0) is 6.54 Å². The first-order valence-electron chi connectivity index (χ1n) is 9.65. The molecule has 0 saturated carbocycles. The summed E-state index contributed by atoms with van der Waals surface area (Å²) in [5.41, 5.74) is 2.35. The molecule has 4 nitrogen and oxygen atoms in total. The number of aliphatic hydroxyl groups is 1. The highest BCUT2D eigenvalue weighted by molar-refractivity contribution is 7.99. The SMILES string of the molecule is CCn1c(SC[C@H](O)c2ccccc2)nc2sc(C)c(-c3ccc(F)cc3)c2c1=O. The number of thiophene rings is 1. The lowest BCUT2D eigenvalue weighted by Gasteiger charge is -2.13. The molecular formula is C23H21FN2O2S2. The van der Waals surface area contributed by atoms with Gasteiger partial charge in [-0.15, -0.1) is 11.3 Å². The van der Waals surface area contributed by atoms with Crippen molar-refractivity contribution in [3.8, 4) is 11.1 Å². The Balaban J connectivity index is 1.74. The fraction of sp³-hybridized carbons (Fsp3) is 0.217. The van der Waals surface area contributed by atoms with Gasteiger partial charge in [0.05, 0.1) is 11.5 Å². The van der Waals surface area contributed by atoms with Crippen molar-refractivity contribution in [3.63, 3.8) is 0 Å². The number of thioether (sulfide) groups is 1. The highest BCUT2D eigenvalue weighted by atomic mass is 32.2. The molecule has 154 valence electrons. The predicted molar refractivity (Wildman–Crippen MR) is 122 cm³/mol. The lowest BCUT2D eigenvalue weighted by atomic mass is 10.0. The third kappa shape index (κ3) is 3.93. The topological polar surface area (TPSA) is 55.1 Å². The first kappa shape index (κ1) is 20.8. The van der Waals surface area contributed by atoms with Gasteiger partial charge < -0.3 is 5.11 Å². The lowest BCUT2D eigenvalue weighted by molar-refractivity contribution is 0.204. The molecule has 0 radical (unpaired) electrons. The van der Waals surface area contributed by atoms with E-state index in [4.69, 9.17) is 4.98 Å². The molecule has 1 atom stereocenters. The van der Waals surface area contributed by atoms with Crippen LogP contribution in [-0.4, -0.2) is 20.4 Å². The van der Waals surface area contributed by atoms with Gasteiger partial charge in [0.2, 0.25) is 0 Å². The van der Waals surface area contributed by atoms with Crippen LogP contribution >= 0.6 is 23.1 Å². The van der Waals surface area contributed by atoms with E-state index in [9.17, 15) is 14.3 Å². The van der Waals surface area contributed by atoms with E-state index in [0.29, 0.717) is 27.7 Å². The van der Waals surface area contributed by atoms with E-state index >= 15 is 0 Å². The van der Waals surface area contributed by atoms with Gasteiger partial charge in [-0.3, -0.25) is 9.36 Å². The Hall–Kier alpha value is -2.48. The highest BCUT2D eigenvalue weighted by Gasteiger charge is 2.20. The van der Waals surface area contributed by atoms with Gasteiger partial charge in [-0.25, -0.2) is 9.37 Å². The molecule has 4 aromatic rings. The first-order valence-corrected chi connectivity index (χ1v) is 11.5. The molecule has 0 spiro atoms. The second kappa shape index (κ2) is 8.71. The van der Waals surface area contributed by atoms with E-state index < -0.39 is 6.10 Å². The van der Waals surface area contributed by atoms with Crippen molar-refractivity contribution < 1.29 is 9.50 Å². The average molecular weight is 441 g/mol. The smallest absolute Gasteiger partial charge is 0.263 e. The zero-order chi connectivity index (χ0) is 21.3. The maximum absolute atomic E-state index is 13.4. The van der Waals surface area contributed by atoms with E-state index in [1.54, 1.807) is 16.7 Å². The molecule has 0 aliphatic rings. The molecule has 30 heavy (non-hydrogen) atoms. The van der Waals surface area contributed by atoms with Crippen molar-refractivity contribution in [2.45, 2.75) is 31.7 Å². The summed E-state index contributed by atoms with van der Waals surface area (Å²) < 4.78 is 15.0. The van der Waals surface area contributed by atoms with Crippen molar-refractivity contribution in [1.29, 1.82) is 0 Å². The van der Waals surface area contributed by atoms with Gasteiger partial charge in [0.1, 0.15) is 10.6 Å². The normalized spacial score (nSPS) is 12.4. The summed E-state index contributed by atoms with van der Waals surface area (Å²) >= 11 is 2.84. The largest absolute Gasteiger partial charge is 0.388 e. The third-order valence-electron chi connectivity index (χ3n) is 4.96. The predicted octanol–water partition coefficient (Wildman–Crippen LogP) is 5.42. The van der Waals surface area contributed by atoms with E-state index in [1.807, 2.05) is 44.2 Å². The molecule has 1 N–H and O–H groups in total. The minimum atomic E-state index is -0.644. The fourth-order valence-corrected chi connectivity index (χ4v) is 5.57. The second-order valence-corrected chi connectivity index (χ2v) is 9.09. The molecule has 0 aliphatic carbocycles. The first-order chi connectivity index (χ1) is 14.5. The number of aliphatic hydroxyl groups excluding tert-OH is 1. The van der Waals surface area contributed by atoms with E-state index in [0.717, 1.165) is 21.6 Å². The molecule has 0 bridgehead atoms. The fourth-order valence-electron chi connectivity index (χ4n) is 3.45. The van der Waals surface area contributed by atoms with Crippen LogP contribution in [0.4, 0.5) is 4.39 Å². The number of hydrogen-bond donors (Lipinski definition) is 1. The molecule has 4 rings (SSSR count). The zero-order valence-electron chi connectivity index (χ0n) is 16.6. The maximum Gasteiger partial charge on any atom is 0.263 e. The van der Waals surface area contributed by atoms with Crippen molar-refractivity contribution in [2.24, 2.45) is 0 Å². The van der Waals surface area contributed by atoms with Crippen LogP contribution in [0, 0.1) is 12.7 Å². The Morgan fingerprint density at radius 3 is 2.53 bits per heavy atom. The molecule has 0 unspecified atom stereocenters. The lowest BCUT2D eigenvalue weighted by Crippen LogP contribution is -2.22. The van der Waals surface area contributed by atoms with E-state index in [1.165, 1.54) is 35.2 Å². The number of halogens is 1. The van der Waals surface area contributed by atoms with Crippen molar-refractivity contribution in [3.05, 3.63) is 81.2 Å². The van der Waals surface area contributed by atoms with Crippen molar-refractivity contribution >= 4 is 33.3 Å². The molecule has 2 heterocycles. The van der Waals surface area contributed by atoms with Gasteiger partial charge in [0, 0.05) is 22.7 Å². The maximum atomic E-state index is 13.4. The van der Waals surface area contributed by atoms with Crippen LogP contribution < -0.4 is 5.56 Å². The second-order valence-electron chi connectivity index (χ2n) is 6.90. The number of nitrogens with zero attached hydrogens (tertiary/aromatic N) is 2. The van der Waals surface area contributed by atoms with Crippen LogP contribution in [0.25, 0.3) is 21.3 Å². The summed E-state index contributed by atoms with van der Waals surface area (Å²) in [4.78, 5) is 19.7. The Labute approximate surface area is 182 Å². The molecule has 0 fully saturated rings. The molecule has 7 heteroatoms. The Kier molecular flexibility index (Phi) is 6.04. The van der Waals surface area contributed by atoms with Crippen LogP contribution in [0.2, 0.25) is 0 Å². The minimum Gasteiger partial charge on any atom is -0.388 e. The summed E-state index contributed by atoms with van der Waals surface area (Å²) in [6.07, 6.45) is -0.644. The van der Waals surface area contributed by atoms with Crippen LogP contribution in [0.1, 0.15) is 23.5 Å². The number of hydrogen-bond acceptors (Lipinski definition) is 5. The summed E-state index contributed by atoms with van der Waals surface area (Å²) in [5.74, 6) is 0.0904. The third-order valence-corrected chi connectivity index (χ3v) is 7.01. The van der Waals surface area contributed by atoms with Crippen molar-refractivity contribution in [2.75, 3.05) is 5.75 Å². The summed E-state index contributed by atoms with van der Waals surface area (Å²) in [5, 5.41) is 11.6. The minimum absolute atomic E-state index is 0.108. The summed E-state index contributed by atoms with van der Waals surface area (Å²) in [6.45, 7) is 4.33. The van der Waals surface area contributed by atoms with Gasteiger partial charge in [0.15, 0.2) is 5.16 Å². The standard InChI is InChI=1S/C23H21FN2O2S2/c1-3-26-22(28)20-19(16-9-11-17(24)12-10-16)14(2)30-21(20)25-23(26)29-13-18(27)15-7-5-4-6-8-15/h4-12,18,27H,3,13H2,1-2H3/t18-/m0/s1. The Morgan fingerprint density at radius 1 is 1.17 bits per heavy atom. The van der Waals surface area contributed by atoms with Gasteiger partial charge in [-0.05, 0) is 37.1 Å². The Morgan fingerprint density at radius 2 is 1.87 bits per heavy atom. The van der Waals surface area contributed by atoms with Gasteiger partial charge in [-0.2, -0.15) is 0 Å². The molecule has 0 amide bonds. The zero-order valence-corrected chi connectivity index (χ0v) is 18.3. The highest BCUT2D eigenvalue weighted by Crippen LogP contribution is 2.37. The van der Waals surface area contributed by atoms with Gasteiger partial charge in [-0.1, -0.05) is 54.2 Å². The number of aryl methyl sites for hydroxylation is 1.